The van der Waals surface area contributed by atoms with E-state index in [9.17, 15) is 4.79 Å². The van der Waals surface area contributed by atoms with Crippen LogP contribution in [0, 0.1) is 0 Å². The quantitative estimate of drug-likeness (QED) is 0.825. The van der Waals surface area contributed by atoms with Crippen LogP contribution in [0.1, 0.15) is 9.67 Å². The van der Waals surface area contributed by atoms with Gasteiger partial charge in [-0.3, -0.25) is 4.79 Å². The van der Waals surface area contributed by atoms with E-state index in [1.165, 1.54) is 22.3 Å². The first kappa shape index (κ1) is 13.2. The van der Waals surface area contributed by atoms with E-state index in [0.717, 1.165) is 0 Å². The highest BCUT2D eigenvalue weighted by Gasteiger charge is 2.27. The summed E-state index contributed by atoms with van der Waals surface area (Å²) in [5.41, 5.74) is 0.664. The van der Waals surface area contributed by atoms with Gasteiger partial charge in [0.25, 0.3) is 5.91 Å². The van der Waals surface area contributed by atoms with E-state index in [1.807, 2.05) is 5.38 Å². The zero-order valence-corrected chi connectivity index (χ0v) is 11.4. The Morgan fingerprint density at radius 1 is 1.60 bits per heavy atom. The van der Waals surface area contributed by atoms with Crippen molar-refractivity contribution in [2.24, 2.45) is 0 Å². The third kappa shape index (κ3) is 2.42. The number of morpholine rings is 1. The minimum Gasteiger partial charge on any atom is -0.394 e. The standard InChI is InChI=1S/C11H13N5O3S/c17-6-8-5-15(2-3-19-8)11(18)10-9(1-4-20-10)16-7-12-13-14-16/h1,4,7-8,17H,2-3,5-6H2. The lowest BCUT2D eigenvalue weighted by molar-refractivity contribution is -0.0446. The van der Waals surface area contributed by atoms with Gasteiger partial charge in [0, 0.05) is 13.1 Å². The maximum absolute atomic E-state index is 12.6. The average molecular weight is 295 g/mol. The highest BCUT2D eigenvalue weighted by molar-refractivity contribution is 7.12. The van der Waals surface area contributed by atoms with Gasteiger partial charge in [0.1, 0.15) is 11.2 Å². The van der Waals surface area contributed by atoms with Gasteiger partial charge in [-0.05, 0) is 21.9 Å². The van der Waals surface area contributed by atoms with Crippen LogP contribution in [0.15, 0.2) is 17.8 Å². The first-order chi connectivity index (χ1) is 9.79. The number of aromatic nitrogens is 4. The van der Waals surface area contributed by atoms with Gasteiger partial charge in [0.2, 0.25) is 0 Å². The van der Waals surface area contributed by atoms with Crippen molar-refractivity contribution in [2.45, 2.75) is 6.10 Å². The van der Waals surface area contributed by atoms with Crippen LogP contribution in [0.2, 0.25) is 0 Å². The minimum atomic E-state index is -0.316. The van der Waals surface area contributed by atoms with Crippen molar-refractivity contribution < 1.29 is 14.6 Å². The van der Waals surface area contributed by atoms with E-state index in [2.05, 4.69) is 15.5 Å². The van der Waals surface area contributed by atoms with Crippen molar-refractivity contribution >= 4 is 17.2 Å². The molecular weight excluding hydrogens is 282 g/mol. The van der Waals surface area contributed by atoms with E-state index >= 15 is 0 Å². The van der Waals surface area contributed by atoms with Crippen LogP contribution in [0.5, 0.6) is 0 Å². The zero-order valence-electron chi connectivity index (χ0n) is 10.5. The summed E-state index contributed by atoms with van der Waals surface area (Å²) in [6.07, 6.45) is 1.14. The van der Waals surface area contributed by atoms with Crippen molar-refractivity contribution in [2.75, 3.05) is 26.3 Å². The number of ether oxygens (including phenoxy) is 1. The number of thiophene rings is 1. The second-order valence-corrected chi connectivity index (χ2v) is 5.23. The Bertz CT molecular complexity index is 585. The molecule has 3 heterocycles. The predicted octanol–water partition coefficient (Wildman–Crippen LogP) is -0.443. The predicted molar refractivity (Wildman–Crippen MR) is 69.8 cm³/mol. The number of rotatable bonds is 3. The number of hydrogen-bond acceptors (Lipinski definition) is 7. The molecule has 1 unspecified atom stereocenters. The van der Waals surface area contributed by atoms with Crippen LogP contribution in [0.4, 0.5) is 0 Å². The van der Waals surface area contributed by atoms with E-state index < -0.39 is 0 Å². The first-order valence-corrected chi connectivity index (χ1v) is 7.00. The SMILES string of the molecule is O=C(c1sccc1-n1cnnn1)N1CCOC(CO)C1. The van der Waals surface area contributed by atoms with Crippen molar-refractivity contribution in [3.63, 3.8) is 0 Å². The topological polar surface area (TPSA) is 93.4 Å². The third-order valence-corrected chi connectivity index (χ3v) is 3.96. The molecule has 1 aliphatic rings. The molecule has 0 aliphatic carbocycles. The minimum absolute atomic E-state index is 0.0892. The Labute approximate surface area is 118 Å². The smallest absolute Gasteiger partial charge is 0.266 e. The van der Waals surface area contributed by atoms with E-state index in [1.54, 1.807) is 11.0 Å². The Hall–Kier alpha value is -1.84. The fourth-order valence-electron chi connectivity index (χ4n) is 2.07. The molecule has 0 spiro atoms. The van der Waals surface area contributed by atoms with Gasteiger partial charge in [-0.2, -0.15) is 4.68 Å². The summed E-state index contributed by atoms with van der Waals surface area (Å²) in [5, 5.41) is 21.9. The molecule has 1 aliphatic heterocycles. The van der Waals surface area contributed by atoms with Crippen molar-refractivity contribution in [3.05, 3.63) is 22.7 Å². The van der Waals surface area contributed by atoms with Gasteiger partial charge in [0.15, 0.2) is 0 Å². The highest BCUT2D eigenvalue weighted by Crippen LogP contribution is 2.22. The van der Waals surface area contributed by atoms with Crippen molar-refractivity contribution in [3.8, 4) is 5.69 Å². The molecule has 0 saturated carbocycles. The van der Waals surface area contributed by atoms with E-state index in [0.29, 0.717) is 30.3 Å². The Balaban J connectivity index is 1.83. The molecule has 1 N–H and O–H groups in total. The lowest BCUT2D eigenvalue weighted by Crippen LogP contribution is -2.46. The molecule has 1 saturated heterocycles. The highest BCUT2D eigenvalue weighted by atomic mass is 32.1. The molecule has 0 aromatic carbocycles. The molecule has 1 amide bonds. The molecule has 0 bridgehead atoms. The summed E-state index contributed by atoms with van der Waals surface area (Å²) in [4.78, 5) is 14.8. The van der Waals surface area contributed by atoms with Crippen LogP contribution in [-0.4, -0.2) is 68.5 Å². The molecule has 2 aromatic heterocycles. The molecule has 8 nitrogen and oxygen atoms in total. The molecule has 3 rings (SSSR count). The van der Waals surface area contributed by atoms with E-state index in [-0.39, 0.29) is 18.6 Å². The monoisotopic (exact) mass is 295 g/mol. The molecule has 9 heteroatoms. The fourth-order valence-corrected chi connectivity index (χ4v) is 2.92. The molecular formula is C11H13N5O3S. The van der Waals surface area contributed by atoms with Crippen molar-refractivity contribution in [1.29, 1.82) is 0 Å². The number of carbonyl (C=O) groups is 1. The summed E-state index contributed by atoms with van der Waals surface area (Å²) in [7, 11) is 0. The van der Waals surface area contributed by atoms with Crippen LogP contribution in [0.25, 0.3) is 5.69 Å². The number of amides is 1. The number of tetrazole rings is 1. The largest absolute Gasteiger partial charge is 0.394 e. The van der Waals surface area contributed by atoms with E-state index in [4.69, 9.17) is 9.84 Å². The number of aliphatic hydroxyl groups is 1. The summed E-state index contributed by atoms with van der Waals surface area (Å²) >= 11 is 1.35. The number of hydrogen-bond donors (Lipinski definition) is 1. The normalized spacial score (nSPS) is 19.2. The molecule has 106 valence electrons. The Morgan fingerprint density at radius 2 is 2.50 bits per heavy atom. The van der Waals surface area contributed by atoms with Gasteiger partial charge in [-0.25, -0.2) is 0 Å². The van der Waals surface area contributed by atoms with Gasteiger partial charge >= 0.3 is 0 Å². The number of nitrogens with zero attached hydrogens (tertiary/aromatic N) is 5. The van der Waals surface area contributed by atoms with Crippen LogP contribution in [-0.2, 0) is 4.74 Å². The Morgan fingerprint density at radius 3 is 3.25 bits per heavy atom. The molecule has 0 radical (unpaired) electrons. The molecule has 20 heavy (non-hydrogen) atoms. The molecule has 1 atom stereocenters. The first-order valence-electron chi connectivity index (χ1n) is 6.12. The van der Waals surface area contributed by atoms with Crippen LogP contribution < -0.4 is 0 Å². The zero-order chi connectivity index (χ0) is 13.9. The maximum Gasteiger partial charge on any atom is 0.266 e. The van der Waals surface area contributed by atoms with Crippen molar-refractivity contribution in [1.82, 2.24) is 25.1 Å². The molecule has 2 aromatic rings. The summed E-state index contributed by atoms with van der Waals surface area (Å²) in [6.45, 7) is 1.25. The number of carbonyl (C=O) groups excluding carboxylic acids is 1. The molecule has 1 fully saturated rings. The second kappa shape index (κ2) is 5.65. The Kier molecular flexibility index (Phi) is 3.72. The van der Waals surface area contributed by atoms with Crippen LogP contribution >= 0.6 is 11.3 Å². The summed E-state index contributed by atoms with van der Waals surface area (Å²) < 4.78 is 6.82. The fraction of sp³-hybridized carbons (Fsp3) is 0.455. The van der Waals surface area contributed by atoms with Gasteiger partial charge < -0.3 is 14.7 Å². The van der Waals surface area contributed by atoms with Gasteiger partial charge in [0.05, 0.1) is 25.0 Å². The van der Waals surface area contributed by atoms with Gasteiger partial charge in [-0.15, -0.1) is 16.4 Å². The third-order valence-electron chi connectivity index (χ3n) is 3.06. The lowest BCUT2D eigenvalue weighted by Gasteiger charge is -2.31. The second-order valence-electron chi connectivity index (χ2n) is 4.32. The maximum atomic E-state index is 12.6. The number of aliphatic hydroxyl groups excluding tert-OH is 1. The lowest BCUT2D eigenvalue weighted by atomic mass is 10.2. The average Bonchev–Trinajstić information content (AvgIpc) is 3.16. The summed E-state index contributed by atoms with van der Waals surface area (Å²) in [6, 6.07) is 1.80. The van der Waals surface area contributed by atoms with Gasteiger partial charge in [-0.1, -0.05) is 0 Å². The summed E-state index contributed by atoms with van der Waals surface area (Å²) in [5.74, 6) is -0.0905. The van der Waals surface area contributed by atoms with Crippen LogP contribution in [0.3, 0.4) is 0 Å².